The zero-order chi connectivity index (χ0) is 18.8. The second-order valence-corrected chi connectivity index (χ2v) is 7.24. The Bertz CT molecular complexity index is 737. The Labute approximate surface area is 146 Å². The molecule has 0 saturated heterocycles. The molecule has 2 atom stereocenters. The molecule has 2 rings (SSSR count). The summed E-state index contributed by atoms with van der Waals surface area (Å²) in [5.41, 5.74) is -0.413. The molecule has 1 amide bonds. The van der Waals surface area contributed by atoms with Crippen molar-refractivity contribution < 1.29 is 24.6 Å². The fourth-order valence-corrected chi connectivity index (χ4v) is 3.46. The molecule has 25 heavy (non-hydrogen) atoms. The molecule has 1 aromatic carbocycles. The van der Waals surface area contributed by atoms with Crippen molar-refractivity contribution in [3.05, 3.63) is 35.9 Å². The monoisotopic (exact) mass is 345 g/mol. The molecule has 6 heteroatoms. The summed E-state index contributed by atoms with van der Waals surface area (Å²) in [4.78, 5) is 34.9. The minimum Gasteiger partial charge on any atom is -0.481 e. The van der Waals surface area contributed by atoms with Gasteiger partial charge in [-0.1, -0.05) is 26.0 Å². The molecule has 1 fully saturated rings. The molecule has 1 aromatic rings. The van der Waals surface area contributed by atoms with Crippen LogP contribution in [-0.4, -0.2) is 28.1 Å². The van der Waals surface area contributed by atoms with E-state index in [-0.39, 0.29) is 5.91 Å². The van der Waals surface area contributed by atoms with Gasteiger partial charge in [-0.15, -0.1) is 0 Å². The fraction of sp³-hybridized carbons (Fsp3) is 0.421. The number of carboxylic acid groups (broad SMARTS) is 2. The summed E-state index contributed by atoms with van der Waals surface area (Å²) in [6.45, 7) is 5.34. The molecule has 2 unspecified atom stereocenters. The molecule has 3 N–H and O–H groups in total. The molecule has 0 aromatic heterocycles. The van der Waals surface area contributed by atoms with E-state index in [1.807, 2.05) is 13.8 Å². The van der Waals surface area contributed by atoms with Gasteiger partial charge in [-0.25, -0.2) is 4.79 Å². The first-order valence-corrected chi connectivity index (χ1v) is 8.13. The van der Waals surface area contributed by atoms with Crippen molar-refractivity contribution in [1.29, 1.82) is 0 Å². The van der Waals surface area contributed by atoms with Gasteiger partial charge in [-0.05, 0) is 49.0 Å². The highest BCUT2D eigenvalue weighted by atomic mass is 16.4. The zero-order valence-corrected chi connectivity index (χ0v) is 14.6. The normalized spacial score (nSPS) is 25.0. The SMILES string of the molecule is CC1(C(=O)O)CCC(C(=O)Nc2cccc(C=CC(=O)O)c2)C1(C)C. The molecule has 0 heterocycles. The van der Waals surface area contributed by atoms with Crippen LogP contribution >= 0.6 is 0 Å². The molecule has 1 aliphatic carbocycles. The van der Waals surface area contributed by atoms with Crippen molar-refractivity contribution in [2.75, 3.05) is 5.32 Å². The molecule has 1 aliphatic rings. The summed E-state index contributed by atoms with van der Waals surface area (Å²) in [6, 6.07) is 6.85. The second-order valence-electron chi connectivity index (χ2n) is 7.24. The summed E-state index contributed by atoms with van der Waals surface area (Å²) >= 11 is 0. The molecule has 0 bridgehead atoms. The lowest BCUT2D eigenvalue weighted by atomic mass is 9.65. The van der Waals surface area contributed by atoms with Gasteiger partial charge >= 0.3 is 11.9 Å². The Morgan fingerprint density at radius 2 is 1.88 bits per heavy atom. The van der Waals surface area contributed by atoms with Crippen LogP contribution in [0, 0.1) is 16.7 Å². The smallest absolute Gasteiger partial charge is 0.328 e. The summed E-state index contributed by atoms with van der Waals surface area (Å²) in [6.07, 6.45) is 3.44. The Hall–Kier alpha value is -2.63. The predicted octanol–water partition coefficient (Wildman–Crippen LogP) is 3.25. The van der Waals surface area contributed by atoms with Crippen molar-refractivity contribution >= 4 is 29.6 Å². The first-order chi connectivity index (χ1) is 11.6. The molecular formula is C19H23NO5. The van der Waals surface area contributed by atoms with E-state index in [4.69, 9.17) is 5.11 Å². The number of hydrogen-bond acceptors (Lipinski definition) is 3. The van der Waals surface area contributed by atoms with E-state index in [0.717, 1.165) is 6.08 Å². The maximum Gasteiger partial charge on any atom is 0.328 e. The van der Waals surface area contributed by atoms with Crippen molar-refractivity contribution in [1.82, 2.24) is 0 Å². The van der Waals surface area contributed by atoms with E-state index >= 15 is 0 Å². The van der Waals surface area contributed by atoms with Crippen molar-refractivity contribution in [3.8, 4) is 0 Å². The molecule has 0 radical (unpaired) electrons. The number of amides is 1. The number of anilines is 1. The van der Waals surface area contributed by atoms with Crippen LogP contribution in [0.15, 0.2) is 30.3 Å². The molecule has 0 spiro atoms. The zero-order valence-electron chi connectivity index (χ0n) is 14.6. The highest BCUT2D eigenvalue weighted by molar-refractivity contribution is 5.95. The van der Waals surface area contributed by atoms with E-state index in [2.05, 4.69) is 5.32 Å². The lowest BCUT2D eigenvalue weighted by Gasteiger charge is -2.37. The lowest BCUT2D eigenvalue weighted by molar-refractivity contribution is -0.154. The minimum absolute atomic E-state index is 0.214. The van der Waals surface area contributed by atoms with Crippen LogP contribution in [0.25, 0.3) is 6.08 Å². The number of carbonyl (C=O) groups excluding carboxylic acids is 1. The highest BCUT2D eigenvalue weighted by Crippen LogP contribution is 2.56. The Morgan fingerprint density at radius 3 is 2.44 bits per heavy atom. The van der Waals surface area contributed by atoms with Gasteiger partial charge in [0.25, 0.3) is 0 Å². The molecule has 0 aliphatic heterocycles. The van der Waals surface area contributed by atoms with Crippen LogP contribution < -0.4 is 5.32 Å². The number of carboxylic acids is 2. The Kier molecular flexibility index (Phi) is 5.02. The van der Waals surface area contributed by atoms with Crippen LogP contribution in [-0.2, 0) is 14.4 Å². The molecule has 1 saturated carbocycles. The van der Waals surface area contributed by atoms with Crippen molar-refractivity contribution in [2.24, 2.45) is 16.7 Å². The summed E-state index contributed by atoms with van der Waals surface area (Å²) in [5.74, 6) is -2.55. The van der Waals surface area contributed by atoms with E-state index in [1.54, 1.807) is 31.2 Å². The van der Waals surface area contributed by atoms with Gasteiger partial charge in [0.1, 0.15) is 0 Å². The fourth-order valence-electron chi connectivity index (χ4n) is 3.46. The van der Waals surface area contributed by atoms with Gasteiger partial charge < -0.3 is 15.5 Å². The highest BCUT2D eigenvalue weighted by Gasteiger charge is 2.58. The summed E-state index contributed by atoms with van der Waals surface area (Å²) in [7, 11) is 0. The number of nitrogens with one attached hydrogen (secondary N) is 1. The van der Waals surface area contributed by atoms with Gasteiger partial charge in [-0.2, -0.15) is 0 Å². The van der Waals surface area contributed by atoms with Crippen molar-refractivity contribution in [3.63, 3.8) is 0 Å². The van der Waals surface area contributed by atoms with E-state index < -0.39 is 28.7 Å². The third kappa shape index (κ3) is 3.57. The van der Waals surface area contributed by atoms with Crippen LogP contribution in [0.3, 0.4) is 0 Å². The quantitative estimate of drug-likeness (QED) is 0.711. The third-order valence-electron chi connectivity index (χ3n) is 5.59. The van der Waals surface area contributed by atoms with Crippen LogP contribution in [0.5, 0.6) is 0 Å². The molecular weight excluding hydrogens is 322 g/mol. The van der Waals surface area contributed by atoms with E-state index in [9.17, 15) is 19.5 Å². The van der Waals surface area contributed by atoms with Gasteiger partial charge in [0.05, 0.1) is 5.41 Å². The topological polar surface area (TPSA) is 104 Å². The molecule has 6 nitrogen and oxygen atoms in total. The second kappa shape index (κ2) is 6.70. The van der Waals surface area contributed by atoms with E-state index in [0.29, 0.717) is 24.1 Å². The first-order valence-electron chi connectivity index (χ1n) is 8.13. The number of benzene rings is 1. The standard InChI is InChI=1S/C19H23NO5/c1-18(2)14(9-10-19(18,3)17(24)25)16(23)20-13-6-4-5-12(11-13)7-8-15(21)22/h4-8,11,14H,9-10H2,1-3H3,(H,20,23)(H,21,22)(H,24,25). The number of rotatable bonds is 5. The first kappa shape index (κ1) is 18.7. The average Bonchev–Trinajstić information content (AvgIpc) is 2.77. The summed E-state index contributed by atoms with van der Waals surface area (Å²) in [5, 5.41) is 21.1. The maximum absolute atomic E-state index is 12.7. The Morgan fingerprint density at radius 1 is 1.20 bits per heavy atom. The van der Waals surface area contributed by atoms with E-state index in [1.165, 1.54) is 6.08 Å². The van der Waals surface area contributed by atoms with Crippen LogP contribution in [0.4, 0.5) is 5.69 Å². The third-order valence-corrected chi connectivity index (χ3v) is 5.59. The predicted molar refractivity (Wildman–Crippen MR) is 94.0 cm³/mol. The number of aliphatic carboxylic acids is 2. The van der Waals surface area contributed by atoms with Gasteiger partial charge in [-0.3, -0.25) is 9.59 Å². The van der Waals surface area contributed by atoms with Crippen molar-refractivity contribution in [2.45, 2.75) is 33.6 Å². The number of carbonyl (C=O) groups is 3. The number of hydrogen-bond donors (Lipinski definition) is 3. The van der Waals surface area contributed by atoms with Gasteiger partial charge in [0, 0.05) is 17.7 Å². The minimum atomic E-state index is -1.05. The average molecular weight is 345 g/mol. The lowest BCUT2D eigenvalue weighted by Crippen LogP contribution is -2.43. The van der Waals surface area contributed by atoms with Crippen LogP contribution in [0.2, 0.25) is 0 Å². The summed E-state index contributed by atoms with van der Waals surface area (Å²) < 4.78 is 0. The Balaban J connectivity index is 2.17. The van der Waals surface area contributed by atoms with Gasteiger partial charge in [0.15, 0.2) is 0 Å². The van der Waals surface area contributed by atoms with Gasteiger partial charge in [0.2, 0.25) is 5.91 Å². The van der Waals surface area contributed by atoms with Crippen LogP contribution in [0.1, 0.15) is 39.2 Å². The largest absolute Gasteiger partial charge is 0.481 e. The maximum atomic E-state index is 12.7. The molecule has 134 valence electrons.